The van der Waals surface area contributed by atoms with E-state index in [1.807, 2.05) is 6.92 Å². The second-order valence-corrected chi connectivity index (χ2v) is 12.2. The summed E-state index contributed by atoms with van der Waals surface area (Å²) in [5.74, 6) is -0.729. The summed E-state index contributed by atoms with van der Waals surface area (Å²) >= 11 is 0. The van der Waals surface area contributed by atoms with Crippen LogP contribution in [0.5, 0.6) is 0 Å². The molecular formula is C23H29N10O8P. The van der Waals surface area contributed by atoms with E-state index in [2.05, 4.69) is 29.9 Å². The number of imidazole rings is 2. The molecule has 42 heavy (non-hydrogen) atoms. The minimum atomic E-state index is -4.68. The molecule has 0 radical (unpaired) electrons. The summed E-state index contributed by atoms with van der Waals surface area (Å²) in [5, 5.41) is 11.4. The third kappa shape index (κ3) is 4.46. The number of aromatic nitrogens is 8. The van der Waals surface area contributed by atoms with E-state index in [0.29, 0.717) is 30.4 Å². The fourth-order valence-corrected chi connectivity index (χ4v) is 7.19. The lowest BCUT2D eigenvalue weighted by molar-refractivity contribution is -0.0560. The van der Waals surface area contributed by atoms with E-state index >= 15 is 0 Å². The number of aromatic amines is 1. The fraction of sp³-hybridized carbons (Fsp3) is 0.565. The quantitative estimate of drug-likeness (QED) is 0.192. The van der Waals surface area contributed by atoms with Crippen molar-refractivity contribution in [3.63, 3.8) is 0 Å². The van der Waals surface area contributed by atoms with Crippen LogP contribution in [-0.4, -0.2) is 80.1 Å². The summed E-state index contributed by atoms with van der Waals surface area (Å²) in [4.78, 5) is 46.3. The zero-order valence-corrected chi connectivity index (χ0v) is 23.2. The highest BCUT2D eigenvalue weighted by Crippen LogP contribution is 2.53. The van der Waals surface area contributed by atoms with Gasteiger partial charge in [0, 0.05) is 11.8 Å². The van der Waals surface area contributed by atoms with Gasteiger partial charge in [0.25, 0.3) is 5.56 Å². The normalized spacial score (nSPS) is 35.7. The SMILES string of the molecule is C[C@H]1[C@H]2OP(=O)(O)OC[C@H]3O[C@@H](n4cnc5c(N)ncnc54)[C@H](O)[C@@H]3CCC[C@H]1O[C@H]2n1cnc2c(=O)[nH]c(N)nc21. The molecule has 2 bridgehead atoms. The fourth-order valence-electron chi connectivity index (χ4n) is 6.19. The van der Waals surface area contributed by atoms with Crippen molar-refractivity contribution in [2.75, 3.05) is 18.1 Å². The molecule has 3 aliphatic heterocycles. The number of nitrogens with one attached hydrogen (secondary N) is 1. The number of phosphoric ester groups is 1. The average molecular weight is 605 g/mol. The molecule has 4 aromatic heterocycles. The van der Waals surface area contributed by atoms with Crippen LogP contribution in [0, 0.1) is 11.8 Å². The van der Waals surface area contributed by atoms with Gasteiger partial charge in [0.1, 0.15) is 24.1 Å². The van der Waals surface area contributed by atoms with Gasteiger partial charge in [-0.3, -0.25) is 28.0 Å². The summed E-state index contributed by atoms with van der Waals surface area (Å²) in [5.41, 5.74) is 12.1. The number of rotatable bonds is 2. The Morgan fingerprint density at radius 1 is 1.02 bits per heavy atom. The highest BCUT2D eigenvalue weighted by Gasteiger charge is 2.50. The number of phosphoric acid groups is 1. The van der Waals surface area contributed by atoms with Gasteiger partial charge in [-0.05, 0) is 12.8 Å². The van der Waals surface area contributed by atoms with Crippen LogP contribution in [0.1, 0.15) is 38.6 Å². The van der Waals surface area contributed by atoms with Gasteiger partial charge >= 0.3 is 7.82 Å². The highest BCUT2D eigenvalue weighted by molar-refractivity contribution is 7.47. The Balaban J connectivity index is 1.17. The number of hydrogen-bond acceptors (Lipinski definition) is 14. The molecule has 224 valence electrons. The molecule has 1 unspecified atom stereocenters. The number of ether oxygens (including phenoxy) is 2. The topological polar surface area (TPSA) is 254 Å². The number of aliphatic hydroxyl groups excluding tert-OH is 1. The maximum Gasteiger partial charge on any atom is 0.472 e. The standard InChI is InChI=1S/C23H29N10O8P/c1-9-11-4-2-3-10-12(40-21(15(10)34)32-7-28-13-17(24)26-6-27-18(13)32)5-38-42(36,37)41-16(9)22(39-11)33-8-29-14-19(33)30-23(25)31-20(14)35/h6-12,15-16,21-22,34H,2-5H2,1H3,(H,36,37)(H2,24,26,27)(H3,25,30,31,35)/t9-,10-,11-,12-,15-,16-,21-,22-/m1/s1. The number of H-pyrrole nitrogens is 1. The molecule has 7 N–H and O–H groups in total. The van der Waals surface area contributed by atoms with E-state index in [0.717, 1.165) is 0 Å². The highest BCUT2D eigenvalue weighted by atomic mass is 31.2. The Kier molecular flexibility index (Phi) is 6.54. The smallest absolute Gasteiger partial charge is 0.388 e. The van der Waals surface area contributed by atoms with E-state index in [1.165, 1.54) is 23.5 Å². The number of nitrogens with zero attached hydrogens (tertiary/aromatic N) is 7. The van der Waals surface area contributed by atoms with Crippen LogP contribution in [-0.2, 0) is 23.1 Å². The molecule has 7 rings (SSSR count). The van der Waals surface area contributed by atoms with E-state index in [4.69, 9.17) is 30.0 Å². The van der Waals surface area contributed by atoms with Crippen LogP contribution < -0.4 is 17.0 Å². The van der Waals surface area contributed by atoms with Gasteiger partial charge in [0.05, 0.1) is 31.5 Å². The molecule has 4 aromatic rings. The third-order valence-corrected chi connectivity index (χ3v) is 9.28. The van der Waals surface area contributed by atoms with E-state index in [1.54, 1.807) is 4.57 Å². The van der Waals surface area contributed by atoms with Crippen molar-refractivity contribution in [1.82, 2.24) is 39.0 Å². The number of hydrogen-bond donors (Lipinski definition) is 5. The molecule has 0 aromatic carbocycles. The van der Waals surface area contributed by atoms with Gasteiger partial charge < -0.3 is 30.9 Å². The molecule has 0 aliphatic carbocycles. The summed E-state index contributed by atoms with van der Waals surface area (Å²) in [6.07, 6.45) is 0.872. The second-order valence-electron chi connectivity index (χ2n) is 10.8. The lowest BCUT2D eigenvalue weighted by Crippen LogP contribution is -2.31. The summed E-state index contributed by atoms with van der Waals surface area (Å²) in [7, 11) is -4.68. The van der Waals surface area contributed by atoms with Crippen LogP contribution in [0.25, 0.3) is 22.3 Å². The maximum atomic E-state index is 13.3. The summed E-state index contributed by atoms with van der Waals surface area (Å²) < 4.78 is 40.0. The molecule has 0 saturated carbocycles. The minimum Gasteiger partial charge on any atom is -0.388 e. The Labute approximate surface area is 236 Å². The van der Waals surface area contributed by atoms with Crippen LogP contribution in [0.2, 0.25) is 0 Å². The van der Waals surface area contributed by atoms with Crippen molar-refractivity contribution in [3.05, 3.63) is 29.3 Å². The van der Waals surface area contributed by atoms with E-state index in [-0.39, 0.29) is 35.5 Å². The molecule has 7 heterocycles. The number of nitrogens with two attached hydrogens (primary N) is 2. The molecule has 3 aliphatic rings. The Hall–Kier alpha value is -3.51. The first-order valence-corrected chi connectivity index (χ1v) is 14.9. The first kappa shape index (κ1) is 27.3. The first-order chi connectivity index (χ1) is 20.1. The average Bonchev–Trinajstić information content (AvgIpc) is 3.69. The van der Waals surface area contributed by atoms with Crippen molar-refractivity contribution in [2.24, 2.45) is 11.8 Å². The van der Waals surface area contributed by atoms with Gasteiger partial charge in [-0.15, -0.1) is 0 Å². The maximum absolute atomic E-state index is 13.3. The van der Waals surface area contributed by atoms with Crippen LogP contribution in [0.4, 0.5) is 11.8 Å². The minimum absolute atomic E-state index is 0.0392. The van der Waals surface area contributed by atoms with Crippen molar-refractivity contribution >= 4 is 41.9 Å². The van der Waals surface area contributed by atoms with Gasteiger partial charge in [0.2, 0.25) is 5.95 Å². The molecule has 3 fully saturated rings. The van der Waals surface area contributed by atoms with Crippen LogP contribution >= 0.6 is 7.82 Å². The van der Waals surface area contributed by atoms with Crippen LogP contribution in [0.3, 0.4) is 0 Å². The van der Waals surface area contributed by atoms with Gasteiger partial charge in [-0.25, -0.2) is 24.5 Å². The predicted molar refractivity (Wildman–Crippen MR) is 143 cm³/mol. The van der Waals surface area contributed by atoms with Gasteiger partial charge in [0.15, 0.2) is 35.1 Å². The molecule has 3 saturated heterocycles. The Morgan fingerprint density at radius 2 is 1.76 bits per heavy atom. The van der Waals surface area contributed by atoms with Gasteiger partial charge in [-0.2, -0.15) is 4.98 Å². The first-order valence-electron chi connectivity index (χ1n) is 13.4. The lowest BCUT2D eigenvalue weighted by atomic mass is 9.89. The third-order valence-electron chi connectivity index (χ3n) is 8.29. The molecule has 0 spiro atoms. The molecular weight excluding hydrogens is 575 g/mol. The van der Waals surface area contributed by atoms with Crippen molar-refractivity contribution < 1.29 is 33.1 Å². The van der Waals surface area contributed by atoms with Crippen molar-refractivity contribution in [2.45, 2.75) is 63.1 Å². The van der Waals surface area contributed by atoms with Crippen LogP contribution in [0.15, 0.2) is 23.8 Å². The Bertz CT molecular complexity index is 1760. The largest absolute Gasteiger partial charge is 0.472 e. The zero-order valence-electron chi connectivity index (χ0n) is 22.3. The van der Waals surface area contributed by atoms with E-state index < -0.39 is 56.2 Å². The zero-order chi connectivity index (χ0) is 29.3. The summed E-state index contributed by atoms with van der Waals surface area (Å²) in [6, 6.07) is 0. The molecule has 9 atom stereocenters. The summed E-state index contributed by atoms with van der Waals surface area (Å²) in [6.45, 7) is 1.52. The second kappa shape index (κ2) is 10.0. The number of fused-ring (bicyclic) bond motifs is 5. The Morgan fingerprint density at radius 3 is 2.57 bits per heavy atom. The number of anilines is 2. The predicted octanol–water partition coefficient (Wildman–Crippen LogP) is 0.218. The lowest BCUT2D eigenvalue weighted by Gasteiger charge is -2.26. The van der Waals surface area contributed by atoms with Crippen molar-refractivity contribution in [1.29, 1.82) is 0 Å². The monoisotopic (exact) mass is 604 g/mol. The number of aliphatic hydroxyl groups is 1. The molecule has 18 nitrogen and oxygen atoms in total. The van der Waals surface area contributed by atoms with E-state index in [9.17, 15) is 19.4 Å². The molecule has 19 heteroatoms. The number of nitrogen functional groups attached to an aromatic ring is 2. The van der Waals surface area contributed by atoms with Crippen molar-refractivity contribution in [3.8, 4) is 0 Å². The molecule has 0 amide bonds. The van der Waals surface area contributed by atoms with Gasteiger partial charge in [-0.1, -0.05) is 13.3 Å².